The zero-order chi connectivity index (χ0) is 19.8. The fourth-order valence-corrected chi connectivity index (χ4v) is 2.28. The molecule has 2 aromatic carbocycles. The van der Waals surface area contributed by atoms with Crippen LogP contribution in [-0.2, 0) is 20.9 Å². The van der Waals surface area contributed by atoms with Crippen LogP contribution in [0.1, 0.15) is 40.1 Å². The molecule has 0 radical (unpaired) electrons. The van der Waals surface area contributed by atoms with Crippen LogP contribution >= 0.6 is 0 Å². The molecule has 6 heteroatoms. The smallest absolute Gasteiger partial charge is 0.338 e. The monoisotopic (exact) mass is 369 g/mol. The first-order valence-corrected chi connectivity index (χ1v) is 8.60. The van der Waals surface area contributed by atoms with E-state index in [-0.39, 0.29) is 24.2 Å². The van der Waals surface area contributed by atoms with Gasteiger partial charge >= 0.3 is 5.97 Å². The molecule has 0 aliphatic heterocycles. The summed E-state index contributed by atoms with van der Waals surface area (Å²) >= 11 is 0. The lowest BCUT2D eigenvalue weighted by atomic mass is 10.1. The van der Waals surface area contributed by atoms with Crippen LogP contribution in [0.3, 0.4) is 0 Å². The Labute approximate surface area is 158 Å². The Morgan fingerprint density at radius 2 is 1.70 bits per heavy atom. The van der Waals surface area contributed by atoms with E-state index in [2.05, 4.69) is 5.32 Å². The third-order valence-corrected chi connectivity index (χ3v) is 3.81. The van der Waals surface area contributed by atoms with Crippen molar-refractivity contribution in [2.75, 3.05) is 19.0 Å². The second kappa shape index (κ2) is 9.64. The van der Waals surface area contributed by atoms with E-state index in [1.165, 1.54) is 0 Å². The van der Waals surface area contributed by atoms with Crippen molar-refractivity contribution in [2.24, 2.45) is 5.92 Å². The third-order valence-electron chi connectivity index (χ3n) is 3.81. The number of esters is 1. The summed E-state index contributed by atoms with van der Waals surface area (Å²) in [5.41, 5.74) is 2.22. The van der Waals surface area contributed by atoms with Crippen molar-refractivity contribution in [1.82, 2.24) is 0 Å². The van der Waals surface area contributed by atoms with Crippen LogP contribution < -0.4 is 5.32 Å². The average Bonchev–Trinajstić information content (AvgIpc) is 2.66. The van der Waals surface area contributed by atoms with E-state index < -0.39 is 5.97 Å². The van der Waals surface area contributed by atoms with Crippen molar-refractivity contribution >= 4 is 23.3 Å². The van der Waals surface area contributed by atoms with E-state index >= 15 is 0 Å². The Kier molecular flexibility index (Phi) is 7.25. The van der Waals surface area contributed by atoms with Crippen LogP contribution in [0.25, 0.3) is 0 Å². The number of rotatable bonds is 8. The molecule has 2 rings (SSSR count). The molecule has 0 spiro atoms. The van der Waals surface area contributed by atoms with E-state index in [1.54, 1.807) is 63.4 Å². The lowest BCUT2D eigenvalue weighted by molar-refractivity contribution is -0.118. The second-order valence-electron chi connectivity index (χ2n) is 6.35. The van der Waals surface area contributed by atoms with Crippen molar-refractivity contribution in [3.05, 3.63) is 65.2 Å². The maximum atomic E-state index is 12.2. The van der Waals surface area contributed by atoms with Gasteiger partial charge in [0.05, 0.1) is 12.2 Å². The molecule has 0 saturated heterocycles. The van der Waals surface area contributed by atoms with Crippen molar-refractivity contribution in [1.29, 1.82) is 0 Å². The van der Waals surface area contributed by atoms with Gasteiger partial charge in [0.2, 0.25) is 5.91 Å². The number of hydrogen-bond acceptors (Lipinski definition) is 5. The number of Topliss-reactive ketones (excluding diaryl/α,β-unsaturated/α-hetero) is 1. The summed E-state index contributed by atoms with van der Waals surface area (Å²) in [5, 5.41) is 2.75. The number of nitrogens with one attached hydrogen (secondary N) is 1. The molecule has 0 unspecified atom stereocenters. The number of carbonyl (C=O) groups is 3. The van der Waals surface area contributed by atoms with Crippen molar-refractivity contribution in [3.63, 3.8) is 0 Å². The van der Waals surface area contributed by atoms with Crippen molar-refractivity contribution < 1.29 is 23.9 Å². The van der Waals surface area contributed by atoms with Gasteiger partial charge in [0.15, 0.2) is 12.4 Å². The van der Waals surface area contributed by atoms with Crippen LogP contribution in [0.5, 0.6) is 0 Å². The molecule has 0 aromatic heterocycles. The quantitative estimate of drug-likeness (QED) is 0.569. The van der Waals surface area contributed by atoms with Gasteiger partial charge in [-0.15, -0.1) is 0 Å². The Bertz CT molecular complexity index is 812. The number of anilines is 1. The SMILES string of the molecule is COCc1cccc(C(=O)OCC(=O)c2ccc(NC(=O)C(C)C)cc2)c1. The largest absolute Gasteiger partial charge is 0.454 e. The molecular formula is C21H23NO5. The molecule has 1 N–H and O–H groups in total. The van der Waals surface area contributed by atoms with Crippen LogP contribution in [0, 0.1) is 5.92 Å². The summed E-state index contributed by atoms with van der Waals surface area (Å²) in [5.74, 6) is -1.12. The van der Waals surface area contributed by atoms with Crippen molar-refractivity contribution in [3.8, 4) is 0 Å². The predicted molar refractivity (Wildman–Crippen MR) is 102 cm³/mol. The Hall–Kier alpha value is -2.99. The third kappa shape index (κ3) is 6.04. The fraction of sp³-hybridized carbons (Fsp3) is 0.286. The van der Waals surface area contributed by atoms with Gasteiger partial charge in [-0.25, -0.2) is 4.79 Å². The molecule has 0 saturated carbocycles. The predicted octanol–water partition coefficient (Wildman–Crippen LogP) is 3.47. The second-order valence-corrected chi connectivity index (χ2v) is 6.35. The van der Waals surface area contributed by atoms with Gasteiger partial charge in [0, 0.05) is 24.3 Å². The summed E-state index contributed by atoms with van der Waals surface area (Å²) in [7, 11) is 1.57. The van der Waals surface area contributed by atoms with E-state index in [0.717, 1.165) is 5.56 Å². The van der Waals surface area contributed by atoms with Gasteiger partial charge in [0.25, 0.3) is 0 Å². The van der Waals surface area contributed by atoms with Gasteiger partial charge in [0.1, 0.15) is 0 Å². The molecule has 0 aliphatic carbocycles. The number of hydrogen-bond donors (Lipinski definition) is 1. The molecule has 6 nitrogen and oxygen atoms in total. The lowest BCUT2D eigenvalue weighted by Crippen LogP contribution is -2.18. The zero-order valence-corrected chi connectivity index (χ0v) is 15.7. The summed E-state index contributed by atoms with van der Waals surface area (Å²) in [6.07, 6.45) is 0. The standard InChI is InChI=1S/C21H23NO5/c1-14(2)20(24)22-18-9-7-16(8-10-18)19(23)13-27-21(25)17-6-4-5-15(11-17)12-26-3/h4-11,14H,12-13H2,1-3H3,(H,22,24). The fourth-order valence-electron chi connectivity index (χ4n) is 2.28. The topological polar surface area (TPSA) is 81.7 Å². The summed E-state index contributed by atoms with van der Waals surface area (Å²) in [6.45, 7) is 3.63. The molecule has 0 heterocycles. The number of carbonyl (C=O) groups excluding carboxylic acids is 3. The molecule has 0 bridgehead atoms. The average molecular weight is 369 g/mol. The van der Waals surface area contributed by atoms with E-state index in [0.29, 0.717) is 23.4 Å². The van der Waals surface area contributed by atoms with Crippen LogP contribution in [0.2, 0.25) is 0 Å². The van der Waals surface area contributed by atoms with Crippen LogP contribution in [-0.4, -0.2) is 31.4 Å². The molecule has 142 valence electrons. The normalized spacial score (nSPS) is 10.5. The summed E-state index contributed by atoms with van der Waals surface area (Å²) < 4.78 is 10.1. The summed E-state index contributed by atoms with van der Waals surface area (Å²) in [6, 6.07) is 13.3. The highest BCUT2D eigenvalue weighted by Gasteiger charge is 2.13. The first kappa shape index (κ1) is 20.3. The van der Waals surface area contributed by atoms with Gasteiger partial charge < -0.3 is 14.8 Å². The highest BCUT2D eigenvalue weighted by Crippen LogP contribution is 2.13. The molecule has 1 amide bonds. The molecular weight excluding hydrogens is 346 g/mol. The molecule has 0 fully saturated rings. The Morgan fingerprint density at radius 3 is 2.33 bits per heavy atom. The maximum absolute atomic E-state index is 12.2. The van der Waals surface area contributed by atoms with Gasteiger partial charge in [-0.3, -0.25) is 9.59 Å². The molecule has 0 atom stereocenters. The highest BCUT2D eigenvalue weighted by molar-refractivity contribution is 6.00. The number of ketones is 1. The minimum absolute atomic E-state index is 0.0984. The zero-order valence-electron chi connectivity index (χ0n) is 15.7. The molecule has 2 aromatic rings. The van der Waals surface area contributed by atoms with E-state index in [1.807, 2.05) is 6.07 Å². The first-order valence-electron chi connectivity index (χ1n) is 8.60. The number of ether oxygens (including phenoxy) is 2. The van der Waals surface area contributed by atoms with Gasteiger partial charge in [-0.1, -0.05) is 26.0 Å². The minimum atomic E-state index is -0.567. The maximum Gasteiger partial charge on any atom is 0.338 e. The number of methoxy groups -OCH3 is 1. The Morgan fingerprint density at radius 1 is 1.00 bits per heavy atom. The van der Waals surface area contributed by atoms with E-state index in [9.17, 15) is 14.4 Å². The summed E-state index contributed by atoms with van der Waals surface area (Å²) in [4.78, 5) is 36.0. The van der Waals surface area contributed by atoms with Gasteiger partial charge in [-0.05, 0) is 42.0 Å². The lowest BCUT2D eigenvalue weighted by Gasteiger charge is -2.09. The van der Waals surface area contributed by atoms with Crippen LogP contribution in [0.15, 0.2) is 48.5 Å². The van der Waals surface area contributed by atoms with Crippen LogP contribution in [0.4, 0.5) is 5.69 Å². The molecule has 0 aliphatic rings. The van der Waals surface area contributed by atoms with Gasteiger partial charge in [-0.2, -0.15) is 0 Å². The van der Waals surface area contributed by atoms with Crippen molar-refractivity contribution in [2.45, 2.75) is 20.5 Å². The van der Waals surface area contributed by atoms with E-state index in [4.69, 9.17) is 9.47 Å². The minimum Gasteiger partial charge on any atom is -0.454 e. The first-order chi connectivity index (χ1) is 12.9. The Balaban J connectivity index is 1.92. The number of amides is 1. The highest BCUT2D eigenvalue weighted by atomic mass is 16.5. The molecule has 27 heavy (non-hydrogen) atoms. The number of benzene rings is 2.